The Hall–Kier alpha value is -0.800. The Kier molecular flexibility index (Phi) is 4.92. The van der Waals surface area contributed by atoms with Gasteiger partial charge in [-0.15, -0.1) is 0 Å². The molecule has 114 valence electrons. The maximum atomic E-state index is 6.32. The van der Waals surface area contributed by atoms with E-state index in [0.29, 0.717) is 11.5 Å². The van der Waals surface area contributed by atoms with Crippen LogP contribution in [0.25, 0.3) is 0 Å². The minimum absolute atomic E-state index is 0.00418. The predicted octanol–water partition coefficient (Wildman–Crippen LogP) is 4.35. The van der Waals surface area contributed by atoms with Gasteiger partial charge in [0.05, 0.1) is 6.10 Å². The smallest absolute Gasteiger partial charge is 0.134 e. The number of aryl methyl sites for hydroxylation is 1. The van der Waals surface area contributed by atoms with Crippen molar-refractivity contribution in [2.45, 2.75) is 78.0 Å². The largest absolute Gasteiger partial charge is 0.464 e. The first-order chi connectivity index (χ1) is 9.41. The summed E-state index contributed by atoms with van der Waals surface area (Å²) in [6, 6.07) is 3.98. The van der Waals surface area contributed by atoms with Gasteiger partial charge in [0.25, 0.3) is 0 Å². The Morgan fingerprint density at radius 2 is 2.00 bits per heavy atom. The molecule has 2 N–H and O–H groups in total. The van der Waals surface area contributed by atoms with Gasteiger partial charge in [0, 0.05) is 6.04 Å². The van der Waals surface area contributed by atoms with Crippen molar-refractivity contribution in [2.24, 2.45) is 11.1 Å². The Labute approximate surface area is 122 Å². The minimum atomic E-state index is -0.111. The molecule has 0 spiro atoms. The van der Waals surface area contributed by atoms with Crippen LogP contribution in [-0.2, 0) is 4.74 Å². The van der Waals surface area contributed by atoms with E-state index in [1.54, 1.807) is 0 Å². The maximum Gasteiger partial charge on any atom is 0.134 e. The summed E-state index contributed by atoms with van der Waals surface area (Å²) >= 11 is 0. The fourth-order valence-corrected chi connectivity index (χ4v) is 2.92. The van der Waals surface area contributed by atoms with Crippen molar-refractivity contribution in [3.8, 4) is 0 Å². The third-order valence-electron chi connectivity index (χ3n) is 4.53. The molecule has 1 aliphatic carbocycles. The predicted molar refractivity (Wildman–Crippen MR) is 81.6 cm³/mol. The van der Waals surface area contributed by atoms with Crippen LogP contribution in [0, 0.1) is 12.3 Å². The van der Waals surface area contributed by atoms with Crippen LogP contribution in [-0.4, -0.2) is 12.1 Å². The second-order valence-electron chi connectivity index (χ2n) is 6.94. The lowest BCUT2D eigenvalue weighted by atomic mass is 9.76. The fraction of sp³-hybridized carbons (Fsp3) is 0.765. The van der Waals surface area contributed by atoms with Crippen molar-refractivity contribution in [3.05, 3.63) is 23.7 Å². The van der Waals surface area contributed by atoms with E-state index in [2.05, 4.69) is 20.8 Å². The quantitative estimate of drug-likeness (QED) is 0.871. The van der Waals surface area contributed by atoms with Gasteiger partial charge in [0.15, 0.2) is 0 Å². The van der Waals surface area contributed by atoms with Crippen molar-refractivity contribution in [1.29, 1.82) is 0 Å². The highest BCUT2D eigenvalue weighted by molar-refractivity contribution is 5.10. The lowest BCUT2D eigenvalue weighted by Crippen LogP contribution is -2.34. The Balaban J connectivity index is 2.02. The molecule has 2 rings (SSSR count). The number of nitrogens with two attached hydrogens (primary N) is 1. The van der Waals surface area contributed by atoms with E-state index in [-0.39, 0.29) is 12.1 Å². The normalized spacial score (nSPS) is 22.6. The summed E-state index contributed by atoms with van der Waals surface area (Å²) in [5.41, 5.74) is 6.71. The SMILES string of the molecule is CCC(N)C(OC1CCC(C)(C)CC1)c1ccc(C)o1. The highest BCUT2D eigenvalue weighted by Crippen LogP contribution is 2.38. The molecule has 20 heavy (non-hydrogen) atoms. The summed E-state index contributed by atoms with van der Waals surface area (Å²) in [6.07, 6.45) is 5.80. The summed E-state index contributed by atoms with van der Waals surface area (Å²) in [4.78, 5) is 0. The van der Waals surface area contributed by atoms with Gasteiger partial charge >= 0.3 is 0 Å². The summed E-state index contributed by atoms with van der Waals surface area (Å²) in [5, 5.41) is 0. The van der Waals surface area contributed by atoms with Gasteiger partial charge in [0.1, 0.15) is 17.6 Å². The Morgan fingerprint density at radius 3 is 2.50 bits per heavy atom. The van der Waals surface area contributed by atoms with Crippen LogP contribution in [0.5, 0.6) is 0 Å². The average Bonchev–Trinajstić information content (AvgIpc) is 2.83. The van der Waals surface area contributed by atoms with E-state index in [9.17, 15) is 0 Å². The van der Waals surface area contributed by atoms with E-state index in [1.807, 2.05) is 19.1 Å². The molecular formula is C17H29NO2. The van der Waals surface area contributed by atoms with Crippen LogP contribution in [0.2, 0.25) is 0 Å². The van der Waals surface area contributed by atoms with E-state index in [4.69, 9.17) is 14.9 Å². The molecule has 1 aromatic rings. The highest BCUT2D eigenvalue weighted by Gasteiger charge is 2.31. The van der Waals surface area contributed by atoms with Crippen LogP contribution in [0.1, 0.15) is 70.5 Å². The van der Waals surface area contributed by atoms with Crippen LogP contribution in [0.3, 0.4) is 0 Å². The second-order valence-corrected chi connectivity index (χ2v) is 6.94. The van der Waals surface area contributed by atoms with Gasteiger partial charge in [-0.05, 0) is 56.6 Å². The Morgan fingerprint density at radius 1 is 1.35 bits per heavy atom. The number of hydrogen-bond donors (Lipinski definition) is 1. The average molecular weight is 279 g/mol. The lowest BCUT2D eigenvalue weighted by molar-refractivity contribution is -0.0658. The van der Waals surface area contributed by atoms with Crippen LogP contribution >= 0.6 is 0 Å². The first-order valence-corrected chi connectivity index (χ1v) is 7.88. The summed E-state index contributed by atoms with van der Waals surface area (Å²) in [7, 11) is 0. The first kappa shape index (κ1) is 15.6. The molecule has 1 saturated carbocycles. The fourth-order valence-electron chi connectivity index (χ4n) is 2.92. The molecule has 1 aliphatic rings. The Bertz CT molecular complexity index is 414. The van der Waals surface area contributed by atoms with E-state index < -0.39 is 0 Å². The minimum Gasteiger partial charge on any atom is -0.464 e. The summed E-state index contributed by atoms with van der Waals surface area (Å²) in [6.45, 7) is 8.74. The molecule has 2 unspecified atom stereocenters. The van der Waals surface area contributed by atoms with E-state index in [0.717, 1.165) is 30.8 Å². The molecule has 3 heteroatoms. The first-order valence-electron chi connectivity index (χ1n) is 7.88. The van der Waals surface area contributed by atoms with Crippen molar-refractivity contribution >= 4 is 0 Å². The molecule has 0 saturated heterocycles. The van der Waals surface area contributed by atoms with Crippen molar-refractivity contribution in [2.75, 3.05) is 0 Å². The summed E-state index contributed by atoms with van der Waals surface area (Å²) in [5.74, 6) is 1.79. The van der Waals surface area contributed by atoms with Gasteiger partial charge in [-0.1, -0.05) is 20.8 Å². The topological polar surface area (TPSA) is 48.4 Å². The van der Waals surface area contributed by atoms with Crippen molar-refractivity contribution < 1.29 is 9.15 Å². The van der Waals surface area contributed by atoms with E-state index in [1.165, 1.54) is 12.8 Å². The standard InChI is InChI=1S/C17H29NO2/c1-5-14(18)16(15-7-6-12(2)19-15)20-13-8-10-17(3,4)11-9-13/h6-7,13-14,16H,5,8-11,18H2,1-4H3. The van der Waals surface area contributed by atoms with Crippen LogP contribution in [0.4, 0.5) is 0 Å². The molecule has 0 aromatic carbocycles. The second kappa shape index (κ2) is 6.31. The number of furan rings is 1. The van der Waals surface area contributed by atoms with E-state index >= 15 is 0 Å². The van der Waals surface area contributed by atoms with Crippen molar-refractivity contribution in [1.82, 2.24) is 0 Å². The van der Waals surface area contributed by atoms with Gasteiger partial charge in [0.2, 0.25) is 0 Å². The van der Waals surface area contributed by atoms with Gasteiger partial charge in [-0.2, -0.15) is 0 Å². The molecule has 3 nitrogen and oxygen atoms in total. The van der Waals surface area contributed by atoms with Crippen molar-refractivity contribution in [3.63, 3.8) is 0 Å². The van der Waals surface area contributed by atoms with Gasteiger partial charge < -0.3 is 14.9 Å². The lowest BCUT2D eigenvalue weighted by Gasteiger charge is -2.36. The van der Waals surface area contributed by atoms with Gasteiger partial charge in [-0.25, -0.2) is 0 Å². The molecule has 1 fully saturated rings. The summed E-state index contributed by atoms with van der Waals surface area (Å²) < 4.78 is 12.1. The van der Waals surface area contributed by atoms with Crippen LogP contribution in [0.15, 0.2) is 16.5 Å². The molecule has 0 aliphatic heterocycles. The molecule has 1 heterocycles. The molecule has 1 aromatic heterocycles. The highest BCUT2D eigenvalue weighted by atomic mass is 16.5. The molecule has 2 atom stereocenters. The zero-order chi connectivity index (χ0) is 14.8. The molecule has 0 amide bonds. The third-order valence-corrected chi connectivity index (χ3v) is 4.53. The molecular weight excluding hydrogens is 250 g/mol. The molecule has 0 radical (unpaired) electrons. The zero-order valence-corrected chi connectivity index (χ0v) is 13.3. The third kappa shape index (κ3) is 3.86. The van der Waals surface area contributed by atoms with Gasteiger partial charge in [-0.3, -0.25) is 0 Å². The number of rotatable bonds is 5. The monoisotopic (exact) mass is 279 g/mol. The zero-order valence-electron chi connectivity index (χ0n) is 13.3. The number of hydrogen-bond acceptors (Lipinski definition) is 3. The van der Waals surface area contributed by atoms with Crippen LogP contribution < -0.4 is 5.73 Å². The number of ether oxygens (including phenoxy) is 1. The molecule has 0 bridgehead atoms. The maximum absolute atomic E-state index is 6.32.